The Morgan fingerprint density at radius 3 is 2.75 bits per heavy atom. The Labute approximate surface area is 116 Å². The molecule has 2 rings (SSSR count). The molecule has 0 bridgehead atoms. The van der Waals surface area contributed by atoms with E-state index in [2.05, 4.69) is 54.8 Å². The highest BCUT2D eigenvalue weighted by molar-refractivity contribution is 9.10. The number of thiophene rings is 1. The molecule has 1 aromatic carbocycles. The summed E-state index contributed by atoms with van der Waals surface area (Å²) in [6.45, 7) is 0. The summed E-state index contributed by atoms with van der Waals surface area (Å²) in [5.74, 6) is 0.899. The van der Waals surface area contributed by atoms with E-state index < -0.39 is 0 Å². The van der Waals surface area contributed by atoms with Crippen molar-refractivity contribution in [2.45, 2.75) is 4.83 Å². The van der Waals surface area contributed by atoms with Crippen LogP contribution in [0.5, 0.6) is 5.75 Å². The maximum absolute atomic E-state index is 5.37. The predicted octanol–water partition coefficient (Wildman–Crippen LogP) is 5.00. The van der Waals surface area contributed by atoms with E-state index in [0.717, 1.165) is 15.8 Å². The molecule has 0 aliphatic rings. The summed E-state index contributed by atoms with van der Waals surface area (Å²) in [5.41, 5.74) is 2.39. The second-order valence-corrected chi connectivity index (χ2v) is 5.92. The van der Waals surface area contributed by atoms with Crippen molar-refractivity contribution in [2.75, 3.05) is 7.11 Å². The van der Waals surface area contributed by atoms with Gasteiger partial charge < -0.3 is 4.74 Å². The van der Waals surface area contributed by atoms with Gasteiger partial charge in [0.2, 0.25) is 0 Å². The van der Waals surface area contributed by atoms with E-state index in [4.69, 9.17) is 4.74 Å². The molecule has 84 valence electrons. The van der Waals surface area contributed by atoms with Gasteiger partial charge in [-0.1, -0.05) is 31.9 Å². The third kappa shape index (κ3) is 2.50. The first-order valence-corrected chi connectivity index (χ1v) is 7.37. The number of ether oxygens (including phenoxy) is 1. The lowest BCUT2D eigenvalue weighted by Gasteiger charge is -2.13. The normalized spacial score (nSPS) is 12.4. The van der Waals surface area contributed by atoms with Crippen LogP contribution in [0.15, 0.2) is 39.5 Å². The molecule has 0 aliphatic heterocycles. The van der Waals surface area contributed by atoms with E-state index in [1.165, 1.54) is 5.56 Å². The highest BCUT2D eigenvalue weighted by Crippen LogP contribution is 2.38. The van der Waals surface area contributed by atoms with Gasteiger partial charge in [-0.15, -0.1) is 0 Å². The van der Waals surface area contributed by atoms with Crippen LogP contribution in [0.25, 0.3) is 0 Å². The van der Waals surface area contributed by atoms with Gasteiger partial charge in [0.15, 0.2) is 0 Å². The van der Waals surface area contributed by atoms with Gasteiger partial charge in [0.1, 0.15) is 5.75 Å². The van der Waals surface area contributed by atoms with Crippen LogP contribution in [-0.2, 0) is 0 Å². The fraction of sp³-hybridized carbons (Fsp3) is 0.167. The van der Waals surface area contributed by atoms with Crippen LogP contribution >= 0.6 is 43.2 Å². The van der Waals surface area contributed by atoms with Gasteiger partial charge in [0, 0.05) is 10.0 Å². The number of halogens is 2. The van der Waals surface area contributed by atoms with Crippen LogP contribution in [0.3, 0.4) is 0 Å². The van der Waals surface area contributed by atoms with Gasteiger partial charge in [-0.05, 0) is 40.6 Å². The van der Waals surface area contributed by atoms with E-state index in [1.54, 1.807) is 18.4 Å². The van der Waals surface area contributed by atoms with Gasteiger partial charge in [-0.2, -0.15) is 11.3 Å². The molecule has 0 N–H and O–H groups in total. The molecule has 1 nitrogen and oxygen atoms in total. The summed E-state index contributed by atoms with van der Waals surface area (Å²) in [6.07, 6.45) is 0. The van der Waals surface area contributed by atoms with Crippen molar-refractivity contribution >= 4 is 43.2 Å². The minimum atomic E-state index is 0.172. The number of hydrogen-bond donors (Lipinski definition) is 0. The standard InChI is InChI=1S/C12H10Br2OS/c1-15-11-3-2-9(13)6-10(11)12(14)8-4-5-16-7-8/h2-7,12H,1H3. The van der Waals surface area contributed by atoms with Gasteiger partial charge in [0.05, 0.1) is 11.9 Å². The highest BCUT2D eigenvalue weighted by atomic mass is 79.9. The molecular formula is C12H10Br2OS. The molecule has 1 aromatic heterocycles. The number of hydrogen-bond acceptors (Lipinski definition) is 2. The van der Waals surface area contributed by atoms with Crippen molar-refractivity contribution in [2.24, 2.45) is 0 Å². The first-order valence-electron chi connectivity index (χ1n) is 4.72. The Kier molecular flexibility index (Phi) is 4.05. The number of methoxy groups -OCH3 is 1. The molecular weight excluding hydrogens is 352 g/mol. The average molecular weight is 362 g/mol. The second kappa shape index (κ2) is 5.34. The first kappa shape index (κ1) is 12.1. The van der Waals surface area contributed by atoms with E-state index in [9.17, 15) is 0 Å². The van der Waals surface area contributed by atoms with Crippen LogP contribution < -0.4 is 4.74 Å². The Bertz CT molecular complexity index is 468. The summed E-state index contributed by atoms with van der Waals surface area (Å²) in [5, 5.41) is 4.22. The van der Waals surface area contributed by atoms with Crippen molar-refractivity contribution in [3.8, 4) is 5.75 Å². The molecule has 0 amide bonds. The summed E-state index contributed by atoms with van der Waals surface area (Å²) in [6, 6.07) is 8.15. The number of benzene rings is 1. The summed E-state index contributed by atoms with van der Waals surface area (Å²) < 4.78 is 6.43. The lowest BCUT2D eigenvalue weighted by Crippen LogP contribution is -1.95. The number of rotatable bonds is 3. The Balaban J connectivity index is 2.42. The van der Waals surface area contributed by atoms with Crippen molar-refractivity contribution in [3.63, 3.8) is 0 Å². The number of alkyl halides is 1. The quantitative estimate of drug-likeness (QED) is 0.698. The van der Waals surface area contributed by atoms with E-state index in [1.807, 2.05) is 12.1 Å². The maximum atomic E-state index is 5.37. The molecule has 0 radical (unpaired) electrons. The van der Waals surface area contributed by atoms with Crippen LogP contribution in [0.4, 0.5) is 0 Å². The lowest BCUT2D eigenvalue weighted by molar-refractivity contribution is 0.410. The first-order chi connectivity index (χ1) is 7.72. The van der Waals surface area contributed by atoms with Crippen LogP contribution in [-0.4, -0.2) is 7.11 Å². The topological polar surface area (TPSA) is 9.23 Å². The summed E-state index contributed by atoms with van der Waals surface area (Å²) >= 11 is 8.89. The molecule has 16 heavy (non-hydrogen) atoms. The monoisotopic (exact) mass is 360 g/mol. The zero-order chi connectivity index (χ0) is 11.5. The fourth-order valence-corrected chi connectivity index (χ4v) is 3.38. The largest absolute Gasteiger partial charge is 0.496 e. The van der Waals surface area contributed by atoms with Crippen LogP contribution in [0, 0.1) is 0 Å². The van der Waals surface area contributed by atoms with Crippen LogP contribution in [0.1, 0.15) is 16.0 Å². The van der Waals surface area contributed by atoms with Crippen molar-refractivity contribution in [1.29, 1.82) is 0 Å². The molecule has 1 unspecified atom stereocenters. The molecule has 0 spiro atoms. The third-order valence-corrected chi connectivity index (χ3v) is 4.52. The predicted molar refractivity (Wildman–Crippen MR) is 75.8 cm³/mol. The minimum absolute atomic E-state index is 0.172. The Hall–Kier alpha value is -0.320. The van der Waals surface area contributed by atoms with Gasteiger partial charge in [0.25, 0.3) is 0 Å². The van der Waals surface area contributed by atoms with Crippen molar-refractivity contribution < 1.29 is 4.74 Å². The summed E-state index contributed by atoms with van der Waals surface area (Å²) in [4.78, 5) is 0.172. The van der Waals surface area contributed by atoms with Crippen molar-refractivity contribution in [1.82, 2.24) is 0 Å². The lowest BCUT2D eigenvalue weighted by atomic mass is 10.1. The molecule has 0 fully saturated rings. The highest BCUT2D eigenvalue weighted by Gasteiger charge is 2.15. The van der Waals surface area contributed by atoms with Gasteiger partial charge in [-0.3, -0.25) is 0 Å². The molecule has 4 heteroatoms. The second-order valence-electron chi connectivity index (χ2n) is 3.31. The maximum Gasteiger partial charge on any atom is 0.123 e. The molecule has 1 atom stereocenters. The zero-order valence-electron chi connectivity index (χ0n) is 8.61. The Morgan fingerprint density at radius 2 is 2.12 bits per heavy atom. The van der Waals surface area contributed by atoms with Crippen molar-refractivity contribution in [3.05, 3.63) is 50.6 Å². The minimum Gasteiger partial charge on any atom is -0.496 e. The van der Waals surface area contributed by atoms with Gasteiger partial charge in [-0.25, -0.2) is 0 Å². The zero-order valence-corrected chi connectivity index (χ0v) is 12.6. The van der Waals surface area contributed by atoms with Crippen LogP contribution in [0.2, 0.25) is 0 Å². The van der Waals surface area contributed by atoms with E-state index in [-0.39, 0.29) is 4.83 Å². The molecule has 0 saturated heterocycles. The average Bonchev–Trinajstić information content (AvgIpc) is 2.81. The third-order valence-electron chi connectivity index (χ3n) is 2.30. The van der Waals surface area contributed by atoms with E-state index >= 15 is 0 Å². The molecule has 1 heterocycles. The molecule has 0 saturated carbocycles. The van der Waals surface area contributed by atoms with E-state index in [0.29, 0.717) is 0 Å². The molecule has 0 aliphatic carbocycles. The van der Waals surface area contributed by atoms with Gasteiger partial charge >= 0.3 is 0 Å². The molecule has 2 aromatic rings. The Morgan fingerprint density at radius 1 is 1.31 bits per heavy atom. The SMILES string of the molecule is COc1ccc(Br)cc1C(Br)c1ccsc1. The fourth-order valence-electron chi connectivity index (χ4n) is 1.50. The smallest absolute Gasteiger partial charge is 0.123 e. The summed E-state index contributed by atoms with van der Waals surface area (Å²) in [7, 11) is 1.69.